The molecule has 22 heavy (non-hydrogen) atoms. The van der Waals surface area contributed by atoms with E-state index in [9.17, 15) is 9.59 Å². The summed E-state index contributed by atoms with van der Waals surface area (Å²) < 4.78 is 21.0. The summed E-state index contributed by atoms with van der Waals surface area (Å²) in [6, 6.07) is 0. The molecule has 0 aliphatic heterocycles. The van der Waals surface area contributed by atoms with E-state index in [4.69, 9.17) is 18.9 Å². The molecule has 6 heteroatoms. The highest BCUT2D eigenvalue weighted by atomic mass is 16.7. The van der Waals surface area contributed by atoms with Crippen LogP contribution in [0.2, 0.25) is 0 Å². The lowest BCUT2D eigenvalue weighted by atomic mass is 10.1. The van der Waals surface area contributed by atoms with Crippen LogP contribution >= 0.6 is 0 Å². The Bertz CT molecular complexity index is 314. The summed E-state index contributed by atoms with van der Waals surface area (Å²) in [5, 5.41) is 0. The van der Waals surface area contributed by atoms with E-state index < -0.39 is 24.1 Å². The molecule has 0 bridgehead atoms. The molecule has 0 saturated heterocycles. The van der Waals surface area contributed by atoms with E-state index in [1.54, 1.807) is 0 Å². The normalized spacial score (nSPS) is 13.7. The zero-order chi connectivity index (χ0) is 17.0. The van der Waals surface area contributed by atoms with E-state index in [-0.39, 0.29) is 6.10 Å². The highest BCUT2D eigenvalue weighted by Gasteiger charge is 2.28. The maximum atomic E-state index is 12.0. The van der Waals surface area contributed by atoms with Crippen molar-refractivity contribution in [1.82, 2.24) is 0 Å². The van der Waals surface area contributed by atoms with E-state index in [1.165, 1.54) is 6.92 Å². The van der Waals surface area contributed by atoms with Crippen LogP contribution in [0.5, 0.6) is 0 Å². The first-order valence-electron chi connectivity index (χ1n) is 8.10. The van der Waals surface area contributed by atoms with Crippen molar-refractivity contribution in [3.05, 3.63) is 0 Å². The molecule has 130 valence electrons. The van der Waals surface area contributed by atoms with Gasteiger partial charge in [0.1, 0.15) is 6.10 Å². The van der Waals surface area contributed by atoms with E-state index in [2.05, 4.69) is 0 Å². The highest BCUT2D eigenvalue weighted by Crippen LogP contribution is 2.12. The number of carbonyl (C=O) groups excluding carboxylic acids is 2. The minimum Gasteiger partial charge on any atom is -0.462 e. The molecular formula is C16H30O6. The lowest BCUT2D eigenvalue weighted by Gasteiger charge is -2.21. The fourth-order valence-electron chi connectivity index (χ4n) is 1.74. The highest BCUT2D eigenvalue weighted by molar-refractivity contribution is 5.94. The summed E-state index contributed by atoms with van der Waals surface area (Å²) in [6.45, 7) is 10.5. The molecule has 0 aliphatic rings. The summed E-state index contributed by atoms with van der Waals surface area (Å²) in [6.07, 6.45) is 1.01. The summed E-state index contributed by atoms with van der Waals surface area (Å²) in [5.41, 5.74) is 0. The smallest absolute Gasteiger partial charge is 0.322 e. The minimum absolute atomic E-state index is 0.164. The second-order valence-electron chi connectivity index (χ2n) is 4.90. The van der Waals surface area contributed by atoms with Crippen molar-refractivity contribution in [2.24, 2.45) is 5.92 Å². The Morgan fingerprint density at radius 1 is 0.909 bits per heavy atom. The third kappa shape index (κ3) is 8.34. The molecule has 0 aromatic carbocycles. The Kier molecular flexibility index (Phi) is 11.8. The van der Waals surface area contributed by atoms with Gasteiger partial charge in [0.05, 0.1) is 6.61 Å². The standard InChI is InChI=1S/C16H30O6/c1-6-13(7-2)21-15(17)12(5)16(18)22-14(20-9-4)10-11-19-8-3/h12-14H,6-11H2,1-5H3. The van der Waals surface area contributed by atoms with Gasteiger partial charge in [-0.25, -0.2) is 0 Å². The van der Waals surface area contributed by atoms with Crippen molar-refractivity contribution in [3.8, 4) is 0 Å². The van der Waals surface area contributed by atoms with Crippen LogP contribution in [0.3, 0.4) is 0 Å². The number of ether oxygens (including phenoxy) is 4. The molecule has 0 saturated carbocycles. The van der Waals surface area contributed by atoms with Crippen LogP contribution in [0.25, 0.3) is 0 Å². The lowest BCUT2D eigenvalue weighted by Crippen LogP contribution is -2.32. The predicted molar refractivity (Wildman–Crippen MR) is 82.2 cm³/mol. The molecule has 0 N–H and O–H groups in total. The maximum Gasteiger partial charge on any atom is 0.322 e. The van der Waals surface area contributed by atoms with E-state index in [0.717, 1.165) is 12.8 Å². The molecule has 0 aromatic heterocycles. The molecule has 6 nitrogen and oxygen atoms in total. The third-order valence-corrected chi connectivity index (χ3v) is 3.20. The van der Waals surface area contributed by atoms with E-state index >= 15 is 0 Å². The van der Waals surface area contributed by atoms with Crippen LogP contribution in [0.4, 0.5) is 0 Å². The van der Waals surface area contributed by atoms with Gasteiger partial charge in [0.2, 0.25) is 6.29 Å². The molecule has 0 aromatic rings. The number of rotatable bonds is 12. The molecule has 0 aliphatic carbocycles. The Hall–Kier alpha value is -1.14. The molecule has 0 radical (unpaired) electrons. The largest absolute Gasteiger partial charge is 0.462 e. The van der Waals surface area contributed by atoms with Crippen LogP contribution in [0.15, 0.2) is 0 Å². The Morgan fingerprint density at radius 2 is 1.50 bits per heavy atom. The van der Waals surface area contributed by atoms with Crippen LogP contribution in [0, 0.1) is 5.92 Å². The Balaban J connectivity index is 4.41. The maximum absolute atomic E-state index is 12.0. The van der Waals surface area contributed by atoms with Crippen molar-refractivity contribution in [2.45, 2.75) is 66.3 Å². The van der Waals surface area contributed by atoms with E-state index in [0.29, 0.717) is 26.2 Å². The summed E-state index contributed by atoms with van der Waals surface area (Å²) in [7, 11) is 0. The summed E-state index contributed by atoms with van der Waals surface area (Å²) in [4.78, 5) is 23.9. The second-order valence-corrected chi connectivity index (χ2v) is 4.90. The van der Waals surface area contributed by atoms with Gasteiger partial charge in [-0.05, 0) is 33.6 Å². The molecule has 2 atom stereocenters. The third-order valence-electron chi connectivity index (χ3n) is 3.20. The first-order valence-corrected chi connectivity index (χ1v) is 8.10. The SMILES string of the molecule is CCOCCC(OCC)OC(=O)C(C)C(=O)OC(CC)CC. The van der Waals surface area contributed by atoms with Gasteiger partial charge in [-0.2, -0.15) is 0 Å². The summed E-state index contributed by atoms with van der Waals surface area (Å²) in [5.74, 6) is -2.15. The Morgan fingerprint density at radius 3 is 2.00 bits per heavy atom. The number of hydrogen-bond donors (Lipinski definition) is 0. The zero-order valence-corrected chi connectivity index (χ0v) is 14.4. The van der Waals surface area contributed by atoms with Gasteiger partial charge in [-0.15, -0.1) is 0 Å². The lowest BCUT2D eigenvalue weighted by molar-refractivity contribution is -0.189. The van der Waals surface area contributed by atoms with Gasteiger partial charge < -0.3 is 18.9 Å². The van der Waals surface area contributed by atoms with Crippen molar-refractivity contribution in [2.75, 3.05) is 19.8 Å². The molecule has 0 amide bonds. The van der Waals surface area contributed by atoms with Crippen molar-refractivity contribution in [1.29, 1.82) is 0 Å². The molecular weight excluding hydrogens is 288 g/mol. The van der Waals surface area contributed by atoms with Crippen LogP contribution < -0.4 is 0 Å². The van der Waals surface area contributed by atoms with Crippen molar-refractivity contribution >= 4 is 11.9 Å². The first-order chi connectivity index (χ1) is 10.5. The molecule has 0 spiro atoms. The summed E-state index contributed by atoms with van der Waals surface area (Å²) >= 11 is 0. The van der Waals surface area contributed by atoms with Gasteiger partial charge in [-0.1, -0.05) is 13.8 Å². The molecule has 0 fully saturated rings. The monoisotopic (exact) mass is 318 g/mol. The van der Waals surface area contributed by atoms with Crippen molar-refractivity contribution in [3.63, 3.8) is 0 Å². The minimum atomic E-state index is -0.962. The second kappa shape index (κ2) is 12.4. The zero-order valence-electron chi connectivity index (χ0n) is 14.4. The van der Waals surface area contributed by atoms with Crippen LogP contribution in [0.1, 0.15) is 53.9 Å². The first kappa shape index (κ1) is 20.9. The van der Waals surface area contributed by atoms with Gasteiger partial charge in [-0.3, -0.25) is 9.59 Å². The number of hydrogen-bond acceptors (Lipinski definition) is 6. The fourth-order valence-corrected chi connectivity index (χ4v) is 1.74. The van der Waals surface area contributed by atoms with Crippen molar-refractivity contribution < 1.29 is 28.5 Å². The van der Waals surface area contributed by atoms with Gasteiger partial charge in [0, 0.05) is 19.6 Å². The average Bonchev–Trinajstić information content (AvgIpc) is 2.51. The number of carbonyl (C=O) groups is 2. The fraction of sp³-hybridized carbons (Fsp3) is 0.875. The average molecular weight is 318 g/mol. The van der Waals surface area contributed by atoms with Gasteiger partial charge in [0.15, 0.2) is 5.92 Å². The van der Waals surface area contributed by atoms with Gasteiger partial charge >= 0.3 is 11.9 Å². The molecule has 0 rings (SSSR count). The predicted octanol–water partition coefficient (Wildman–Crippen LogP) is 2.69. The molecule has 2 unspecified atom stereocenters. The van der Waals surface area contributed by atoms with E-state index in [1.807, 2.05) is 27.7 Å². The van der Waals surface area contributed by atoms with Crippen LogP contribution in [-0.4, -0.2) is 44.2 Å². The quantitative estimate of drug-likeness (QED) is 0.238. The molecule has 0 heterocycles. The van der Waals surface area contributed by atoms with Gasteiger partial charge in [0.25, 0.3) is 0 Å². The number of esters is 2. The Labute approximate surface area is 133 Å². The van der Waals surface area contributed by atoms with Crippen LogP contribution in [-0.2, 0) is 28.5 Å². The topological polar surface area (TPSA) is 71.1 Å².